The minimum atomic E-state index is -0.630. The van der Waals surface area contributed by atoms with Gasteiger partial charge in [0.2, 0.25) is 0 Å². The van der Waals surface area contributed by atoms with Crippen molar-refractivity contribution in [2.75, 3.05) is 6.61 Å². The van der Waals surface area contributed by atoms with Gasteiger partial charge in [-0.15, -0.1) is 11.3 Å². The van der Waals surface area contributed by atoms with Crippen molar-refractivity contribution in [2.24, 2.45) is 22.2 Å². The number of carbonyl (C=O) groups is 1. The van der Waals surface area contributed by atoms with Crippen LogP contribution in [0.1, 0.15) is 77.0 Å². The second kappa shape index (κ2) is 6.76. The van der Waals surface area contributed by atoms with E-state index in [9.17, 15) is 9.90 Å². The van der Waals surface area contributed by atoms with Gasteiger partial charge in [0, 0.05) is 17.7 Å². The van der Waals surface area contributed by atoms with Crippen LogP contribution in [-0.2, 0) is 21.5 Å². The van der Waals surface area contributed by atoms with Gasteiger partial charge >= 0.3 is 0 Å². The zero-order valence-corrected chi connectivity index (χ0v) is 18.8. The molecule has 1 aromatic rings. The molecule has 3 atom stereocenters. The van der Waals surface area contributed by atoms with E-state index in [4.69, 9.17) is 9.73 Å². The summed E-state index contributed by atoms with van der Waals surface area (Å²) in [6, 6.07) is 0. The Bertz CT molecular complexity index is 857. The fraction of sp³-hybridized carbons (Fsp3) is 0.826. The number of amides is 1. The lowest BCUT2D eigenvalue weighted by Gasteiger charge is -2.58. The van der Waals surface area contributed by atoms with E-state index < -0.39 is 11.0 Å². The van der Waals surface area contributed by atoms with E-state index in [1.807, 2.05) is 0 Å². The second-order valence-corrected chi connectivity index (χ2v) is 12.3. The Balaban J connectivity index is 1.49. The monoisotopic (exact) mass is 418 g/mol. The molecule has 5 fully saturated rings. The molecule has 4 bridgehead atoms. The first-order chi connectivity index (χ1) is 13.6. The van der Waals surface area contributed by atoms with Gasteiger partial charge in [0.15, 0.2) is 4.80 Å². The topological polar surface area (TPSA) is 63.8 Å². The van der Waals surface area contributed by atoms with E-state index in [1.54, 1.807) is 11.3 Å². The number of rotatable bonds is 3. The first-order valence-corrected chi connectivity index (χ1v) is 12.1. The molecule has 1 aromatic heterocycles. The van der Waals surface area contributed by atoms with Crippen molar-refractivity contribution in [2.45, 2.75) is 95.8 Å². The molecular formula is C23H34N2O3S. The normalized spacial score (nSPS) is 39.4. The third kappa shape index (κ3) is 3.66. The molecule has 1 N–H and O–H groups in total. The molecule has 6 heteroatoms. The van der Waals surface area contributed by atoms with Gasteiger partial charge in [-0.3, -0.25) is 4.79 Å². The molecule has 5 aliphatic rings. The zero-order chi connectivity index (χ0) is 20.4. The number of aliphatic hydroxyl groups is 1. The highest BCUT2D eigenvalue weighted by Crippen LogP contribution is 2.62. The van der Waals surface area contributed by atoms with Gasteiger partial charge in [0.25, 0.3) is 5.91 Å². The molecule has 0 spiro atoms. The number of carbonyl (C=O) groups excluding carboxylic acids is 1. The van der Waals surface area contributed by atoms with E-state index in [1.165, 1.54) is 11.3 Å². The van der Waals surface area contributed by atoms with Crippen LogP contribution in [0.3, 0.4) is 0 Å². The van der Waals surface area contributed by atoms with Gasteiger partial charge in [0.05, 0.1) is 23.7 Å². The average molecular weight is 419 g/mol. The Labute approximate surface area is 177 Å². The Morgan fingerprint density at radius 1 is 1.31 bits per heavy atom. The summed E-state index contributed by atoms with van der Waals surface area (Å²) >= 11 is 1.64. The van der Waals surface area contributed by atoms with Crippen molar-refractivity contribution in [3.8, 4) is 0 Å². The molecule has 5 nitrogen and oxygen atoms in total. The van der Waals surface area contributed by atoms with Gasteiger partial charge in [-0.05, 0) is 68.6 Å². The highest BCUT2D eigenvalue weighted by atomic mass is 32.1. The molecule has 1 aliphatic heterocycles. The summed E-state index contributed by atoms with van der Waals surface area (Å²) in [5.41, 5.74) is -1.04. The number of ether oxygens (including phenoxy) is 1. The zero-order valence-electron chi connectivity index (χ0n) is 17.9. The lowest BCUT2D eigenvalue weighted by atomic mass is 9.47. The van der Waals surface area contributed by atoms with Crippen LogP contribution in [-0.4, -0.2) is 33.9 Å². The molecule has 4 aliphatic carbocycles. The summed E-state index contributed by atoms with van der Waals surface area (Å²) in [7, 11) is 0. The maximum atomic E-state index is 13.5. The summed E-state index contributed by atoms with van der Waals surface area (Å²) < 4.78 is 8.00. The van der Waals surface area contributed by atoms with E-state index >= 15 is 0 Å². The predicted molar refractivity (Wildman–Crippen MR) is 113 cm³/mol. The highest BCUT2D eigenvalue weighted by molar-refractivity contribution is 7.09. The molecule has 160 valence electrons. The van der Waals surface area contributed by atoms with Crippen LogP contribution in [0.5, 0.6) is 0 Å². The number of nitrogens with zero attached hydrogens (tertiary/aromatic N) is 2. The van der Waals surface area contributed by atoms with Gasteiger partial charge < -0.3 is 14.4 Å². The van der Waals surface area contributed by atoms with Gasteiger partial charge in [-0.2, -0.15) is 4.99 Å². The highest BCUT2D eigenvalue weighted by Gasteiger charge is 2.60. The average Bonchev–Trinajstić information content (AvgIpc) is 3.23. The molecular weight excluding hydrogens is 384 g/mol. The van der Waals surface area contributed by atoms with Crippen molar-refractivity contribution in [1.29, 1.82) is 0 Å². The van der Waals surface area contributed by atoms with Crippen molar-refractivity contribution in [3.63, 3.8) is 0 Å². The van der Waals surface area contributed by atoms with Crippen LogP contribution in [0, 0.1) is 17.3 Å². The van der Waals surface area contributed by atoms with Crippen LogP contribution in [0.4, 0.5) is 0 Å². The van der Waals surface area contributed by atoms with E-state index in [-0.39, 0.29) is 17.4 Å². The summed E-state index contributed by atoms with van der Waals surface area (Å²) in [6.45, 7) is 8.21. The molecule has 4 saturated carbocycles. The van der Waals surface area contributed by atoms with Crippen LogP contribution >= 0.6 is 11.3 Å². The first kappa shape index (κ1) is 20.0. The standard InChI is InChI=1S/C23H34N2O3S/c1-21(2,3)18-13-25(12-17-5-4-6-28-17)20(29-18)24-19(26)22-8-15-7-16(9-22)11-23(27,10-15)14-22/h13,15-17,27H,4-12,14H2,1-3H3. The maximum Gasteiger partial charge on any atom is 0.254 e. The maximum absolute atomic E-state index is 13.5. The number of hydrogen-bond donors (Lipinski definition) is 1. The van der Waals surface area contributed by atoms with E-state index in [2.05, 4.69) is 31.5 Å². The molecule has 0 radical (unpaired) electrons. The lowest BCUT2D eigenvalue weighted by molar-refractivity contribution is -0.175. The Morgan fingerprint density at radius 3 is 2.62 bits per heavy atom. The number of aromatic nitrogens is 1. The first-order valence-electron chi connectivity index (χ1n) is 11.3. The molecule has 1 saturated heterocycles. The predicted octanol–water partition coefficient (Wildman–Crippen LogP) is 3.78. The fourth-order valence-electron chi connectivity index (χ4n) is 6.62. The summed E-state index contributed by atoms with van der Waals surface area (Å²) in [6.07, 6.45) is 9.95. The third-order valence-corrected chi connectivity index (χ3v) is 9.01. The third-order valence-electron chi connectivity index (χ3n) is 7.56. The lowest BCUT2D eigenvalue weighted by Crippen LogP contribution is -2.58. The second-order valence-electron chi connectivity index (χ2n) is 11.3. The molecule has 1 amide bonds. The van der Waals surface area contributed by atoms with Crippen LogP contribution in [0.15, 0.2) is 11.2 Å². The van der Waals surface area contributed by atoms with Crippen LogP contribution in [0.2, 0.25) is 0 Å². The van der Waals surface area contributed by atoms with E-state index in [0.29, 0.717) is 18.3 Å². The van der Waals surface area contributed by atoms with E-state index in [0.717, 1.165) is 56.5 Å². The summed E-state index contributed by atoms with van der Waals surface area (Å²) in [5, 5.41) is 11.0. The molecule has 29 heavy (non-hydrogen) atoms. The molecule has 0 aromatic carbocycles. The SMILES string of the molecule is CC(C)(C)c1cn(CC2CCCO2)c(=NC(=O)C23CC4CC(CC(O)(C4)C2)C3)s1. The Kier molecular flexibility index (Phi) is 4.65. The number of hydrogen-bond acceptors (Lipinski definition) is 4. The number of thiazole rings is 1. The quantitative estimate of drug-likeness (QED) is 0.812. The van der Waals surface area contributed by atoms with Crippen LogP contribution < -0.4 is 4.80 Å². The smallest absolute Gasteiger partial charge is 0.254 e. The minimum Gasteiger partial charge on any atom is -0.390 e. The van der Waals surface area contributed by atoms with Crippen molar-refractivity contribution in [1.82, 2.24) is 4.57 Å². The Hall–Kier alpha value is -0.980. The molecule has 2 heterocycles. The fourth-order valence-corrected chi connectivity index (χ4v) is 7.68. The van der Waals surface area contributed by atoms with Crippen molar-refractivity contribution >= 4 is 17.2 Å². The van der Waals surface area contributed by atoms with Gasteiger partial charge in [-0.1, -0.05) is 20.8 Å². The summed E-state index contributed by atoms with van der Waals surface area (Å²) in [5.74, 6) is 0.995. The summed E-state index contributed by atoms with van der Waals surface area (Å²) in [4.78, 5) is 20.3. The molecule has 3 unspecified atom stereocenters. The largest absolute Gasteiger partial charge is 0.390 e. The van der Waals surface area contributed by atoms with Gasteiger partial charge in [-0.25, -0.2) is 0 Å². The van der Waals surface area contributed by atoms with Gasteiger partial charge in [0.1, 0.15) is 0 Å². The van der Waals surface area contributed by atoms with Crippen molar-refractivity contribution < 1.29 is 14.6 Å². The minimum absolute atomic E-state index is 0.00780. The van der Waals surface area contributed by atoms with Crippen molar-refractivity contribution in [3.05, 3.63) is 15.9 Å². The van der Waals surface area contributed by atoms with Crippen LogP contribution in [0.25, 0.3) is 0 Å². The molecule has 6 rings (SSSR count). The Morgan fingerprint density at radius 2 is 2.03 bits per heavy atom.